The van der Waals surface area contributed by atoms with Crippen LogP contribution < -0.4 is 0 Å². The second kappa shape index (κ2) is 6.43. The van der Waals surface area contributed by atoms with Crippen LogP contribution in [0.15, 0.2) is 12.7 Å². The van der Waals surface area contributed by atoms with Crippen molar-refractivity contribution < 1.29 is 0 Å². The summed E-state index contributed by atoms with van der Waals surface area (Å²) >= 11 is 0. The first-order chi connectivity index (χ1) is 5.67. The zero-order valence-electron chi connectivity index (χ0n) is 9.01. The molecule has 0 aliphatic rings. The average molecular weight is 185 g/mol. The molecule has 72 valence electrons. The van der Waals surface area contributed by atoms with Crippen LogP contribution in [0.4, 0.5) is 0 Å². The monoisotopic (exact) mass is 185 g/mol. The van der Waals surface area contributed by atoms with E-state index in [9.17, 15) is 0 Å². The maximum absolute atomic E-state index is 3.84. The van der Waals surface area contributed by atoms with Gasteiger partial charge in [-0.15, -0.1) is 6.58 Å². The van der Waals surface area contributed by atoms with Gasteiger partial charge in [-0.05, 0) is 32.2 Å². The Balaban J connectivity index is 4.11. The SMILES string of the molecule is C=CC[SiH](CC)C(CC)N(C)C. The summed E-state index contributed by atoms with van der Waals surface area (Å²) in [5.41, 5.74) is 0.855. The molecule has 0 fully saturated rings. The van der Waals surface area contributed by atoms with Gasteiger partial charge in [-0.3, -0.25) is 0 Å². The molecule has 0 heterocycles. The maximum Gasteiger partial charge on any atom is 0.0603 e. The van der Waals surface area contributed by atoms with Crippen molar-refractivity contribution in [3.8, 4) is 0 Å². The first-order valence-corrected chi connectivity index (χ1v) is 7.24. The minimum atomic E-state index is -0.578. The lowest BCUT2D eigenvalue weighted by atomic mass is 10.4. The standard InChI is InChI=1S/C10H23NSi/c1-6-9-12(8-3)10(7-2)11(4)5/h6,10,12H,1,7-9H2,2-5H3. The molecule has 12 heavy (non-hydrogen) atoms. The zero-order valence-corrected chi connectivity index (χ0v) is 10.2. The minimum Gasteiger partial charge on any atom is -0.310 e. The van der Waals surface area contributed by atoms with Crippen molar-refractivity contribution >= 4 is 8.80 Å². The third-order valence-corrected chi connectivity index (χ3v) is 6.76. The van der Waals surface area contributed by atoms with Crippen molar-refractivity contribution in [2.45, 2.75) is 38.0 Å². The van der Waals surface area contributed by atoms with Gasteiger partial charge in [0.05, 0.1) is 8.80 Å². The molecular weight excluding hydrogens is 162 g/mol. The summed E-state index contributed by atoms with van der Waals surface area (Å²) in [5, 5.41) is 0. The Bertz CT molecular complexity index is 123. The fourth-order valence-electron chi connectivity index (χ4n) is 1.93. The second-order valence-corrected chi connectivity index (χ2v) is 7.21. The van der Waals surface area contributed by atoms with Crippen LogP contribution in [0.25, 0.3) is 0 Å². The largest absolute Gasteiger partial charge is 0.310 e. The normalized spacial score (nSPS) is 16.1. The number of hydrogen-bond acceptors (Lipinski definition) is 1. The van der Waals surface area contributed by atoms with Gasteiger partial charge >= 0.3 is 0 Å². The van der Waals surface area contributed by atoms with Crippen LogP contribution in [-0.2, 0) is 0 Å². The third-order valence-electron chi connectivity index (χ3n) is 2.62. The molecule has 2 atom stereocenters. The molecule has 0 aromatic carbocycles. The Kier molecular flexibility index (Phi) is 6.39. The Morgan fingerprint density at radius 2 is 2.00 bits per heavy atom. The van der Waals surface area contributed by atoms with Crippen LogP contribution in [0.3, 0.4) is 0 Å². The van der Waals surface area contributed by atoms with Crippen molar-refractivity contribution in [3.05, 3.63) is 12.7 Å². The molecule has 0 aromatic heterocycles. The molecule has 0 saturated heterocycles. The lowest BCUT2D eigenvalue weighted by molar-refractivity contribution is 0.359. The number of hydrogen-bond donors (Lipinski definition) is 0. The molecule has 2 heteroatoms. The highest BCUT2D eigenvalue weighted by Crippen LogP contribution is 2.12. The van der Waals surface area contributed by atoms with E-state index in [1.807, 2.05) is 0 Å². The fourth-order valence-corrected chi connectivity index (χ4v) is 5.06. The zero-order chi connectivity index (χ0) is 9.56. The minimum absolute atomic E-state index is 0.578. The summed E-state index contributed by atoms with van der Waals surface area (Å²) in [6.45, 7) is 8.46. The molecule has 2 unspecified atom stereocenters. The predicted octanol–water partition coefficient (Wildman–Crippen LogP) is 2.30. The van der Waals surface area contributed by atoms with E-state index in [0.29, 0.717) is 0 Å². The van der Waals surface area contributed by atoms with E-state index >= 15 is 0 Å². The Morgan fingerprint density at radius 3 is 2.25 bits per heavy atom. The summed E-state index contributed by atoms with van der Waals surface area (Å²) in [4.78, 5) is 2.39. The predicted molar refractivity (Wildman–Crippen MR) is 60.4 cm³/mol. The molecule has 0 radical (unpaired) electrons. The lowest BCUT2D eigenvalue weighted by Gasteiger charge is -2.29. The summed E-state index contributed by atoms with van der Waals surface area (Å²) < 4.78 is 0. The van der Waals surface area contributed by atoms with Crippen LogP contribution in [0.5, 0.6) is 0 Å². The highest BCUT2D eigenvalue weighted by atomic mass is 28.3. The van der Waals surface area contributed by atoms with Crippen LogP contribution in [0.2, 0.25) is 12.1 Å². The Morgan fingerprint density at radius 1 is 1.42 bits per heavy atom. The van der Waals surface area contributed by atoms with Gasteiger partial charge in [-0.2, -0.15) is 0 Å². The van der Waals surface area contributed by atoms with Crippen molar-refractivity contribution in [2.75, 3.05) is 14.1 Å². The van der Waals surface area contributed by atoms with E-state index in [1.54, 1.807) is 0 Å². The van der Waals surface area contributed by atoms with Gasteiger partial charge in [0.2, 0.25) is 0 Å². The molecule has 0 bridgehead atoms. The molecule has 0 spiro atoms. The highest BCUT2D eigenvalue weighted by molar-refractivity contribution is 6.60. The second-order valence-electron chi connectivity index (χ2n) is 3.63. The smallest absolute Gasteiger partial charge is 0.0603 e. The Labute approximate surface area is 79.1 Å². The van der Waals surface area contributed by atoms with Crippen molar-refractivity contribution in [2.24, 2.45) is 0 Å². The third kappa shape index (κ3) is 3.54. The molecule has 0 N–H and O–H groups in total. The Hall–Kier alpha value is -0.0831. The quantitative estimate of drug-likeness (QED) is 0.453. The lowest BCUT2D eigenvalue weighted by Crippen LogP contribution is -2.41. The van der Waals surface area contributed by atoms with Crippen molar-refractivity contribution in [3.63, 3.8) is 0 Å². The van der Waals surface area contributed by atoms with E-state index in [-0.39, 0.29) is 0 Å². The molecule has 0 aliphatic carbocycles. The average Bonchev–Trinajstić information content (AvgIpc) is 2.03. The molecule has 0 rings (SSSR count). The van der Waals surface area contributed by atoms with E-state index in [1.165, 1.54) is 18.5 Å². The van der Waals surface area contributed by atoms with Crippen molar-refractivity contribution in [1.82, 2.24) is 4.90 Å². The van der Waals surface area contributed by atoms with E-state index < -0.39 is 8.80 Å². The summed E-state index contributed by atoms with van der Waals surface area (Å²) in [6.07, 6.45) is 3.40. The van der Waals surface area contributed by atoms with Gasteiger partial charge in [-0.1, -0.05) is 26.0 Å². The molecule has 0 saturated carbocycles. The molecule has 1 nitrogen and oxygen atoms in total. The first kappa shape index (κ1) is 11.9. The molecule has 0 amide bonds. The van der Waals surface area contributed by atoms with Gasteiger partial charge in [0.25, 0.3) is 0 Å². The van der Waals surface area contributed by atoms with E-state index in [4.69, 9.17) is 0 Å². The van der Waals surface area contributed by atoms with E-state index in [0.717, 1.165) is 5.67 Å². The molecule has 0 aromatic rings. The number of nitrogens with zero attached hydrogens (tertiary/aromatic N) is 1. The summed E-state index contributed by atoms with van der Waals surface area (Å²) in [6, 6.07) is 2.68. The fraction of sp³-hybridized carbons (Fsp3) is 0.800. The highest BCUT2D eigenvalue weighted by Gasteiger charge is 2.19. The topological polar surface area (TPSA) is 3.24 Å². The number of rotatable bonds is 6. The number of allylic oxidation sites excluding steroid dienone is 1. The van der Waals surface area contributed by atoms with Crippen LogP contribution in [0, 0.1) is 0 Å². The maximum atomic E-state index is 3.84. The molecule has 0 aliphatic heterocycles. The van der Waals surface area contributed by atoms with Gasteiger partial charge < -0.3 is 4.90 Å². The van der Waals surface area contributed by atoms with Gasteiger partial charge in [-0.25, -0.2) is 0 Å². The van der Waals surface area contributed by atoms with E-state index in [2.05, 4.69) is 45.5 Å². The van der Waals surface area contributed by atoms with Gasteiger partial charge in [0.1, 0.15) is 0 Å². The van der Waals surface area contributed by atoms with Crippen LogP contribution >= 0.6 is 0 Å². The first-order valence-electron chi connectivity index (χ1n) is 4.94. The summed E-state index contributed by atoms with van der Waals surface area (Å²) in [5.74, 6) is 0. The van der Waals surface area contributed by atoms with Crippen molar-refractivity contribution in [1.29, 1.82) is 0 Å². The van der Waals surface area contributed by atoms with Crippen LogP contribution in [-0.4, -0.2) is 33.5 Å². The van der Waals surface area contributed by atoms with Crippen LogP contribution in [0.1, 0.15) is 20.3 Å². The summed E-state index contributed by atoms with van der Waals surface area (Å²) in [7, 11) is 3.82. The van der Waals surface area contributed by atoms with Gasteiger partial charge in [0.15, 0.2) is 0 Å². The molecular formula is C10H23NSi. The van der Waals surface area contributed by atoms with Gasteiger partial charge in [0, 0.05) is 0 Å².